The van der Waals surface area contributed by atoms with Crippen LogP contribution in [0, 0.1) is 6.92 Å². The fourth-order valence-corrected chi connectivity index (χ4v) is 4.05. The van der Waals surface area contributed by atoms with Crippen LogP contribution < -0.4 is 10.1 Å². The minimum Gasteiger partial charge on any atom is -0.267 e. The molecule has 1 aromatic heterocycles. The van der Waals surface area contributed by atoms with E-state index in [-0.39, 0.29) is 10.9 Å². The average Bonchev–Trinajstić information content (AvgIpc) is 3.33. The molecule has 0 bridgehead atoms. The van der Waals surface area contributed by atoms with E-state index in [1.165, 1.54) is 23.1 Å². The Morgan fingerprint density at radius 2 is 1.96 bits per heavy atom. The predicted molar refractivity (Wildman–Crippen MR) is 97.9 cm³/mol. The molecule has 8 heteroatoms. The highest BCUT2D eigenvalue weighted by atomic mass is 32.2. The van der Waals surface area contributed by atoms with Gasteiger partial charge in [-0.15, -0.1) is 0 Å². The molecule has 1 saturated carbocycles. The van der Waals surface area contributed by atoms with E-state index < -0.39 is 15.9 Å². The molecule has 0 spiro atoms. The van der Waals surface area contributed by atoms with E-state index in [1.54, 1.807) is 13.0 Å². The van der Waals surface area contributed by atoms with Crippen molar-refractivity contribution in [1.82, 2.24) is 14.4 Å². The first-order valence-electron chi connectivity index (χ1n) is 8.30. The molecule has 134 valence electrons. The van der Waals surface area contributed by atoms with Crippen molar-refractivity contribution < 1.29 is 13.2 Å². The third-order valence-electron chi connectivity index (χ3n) is 4.34. The van der Waals surface area contributed by atoms with Crippen LogP contribution in [-0.2, 0) is 10.0 Å². The molecule has 3 aromatic rings. The summed E-state index contributed by atoms with van der Waals surface area (Å²) in [6.07, 6.45) is 3.23. The fourth-order valence-electron chi connectivity index (χ4n) is 2.72. The lowest BCUT2D eigenvalue weighted by Crippen LogP contribution is -2.27. The van der Waals surface area contributed by atoms with Crippen molar-refractivity contribution in [2.24, 2.45) is 0 Å². The van der Waals surface area contributed by atoms with Crippen molar-refractivity contribution in [3.63, 3.8) is 0 Å². The molecule has 2 N–H and O–H groups in total. The minimum absolute atomic E-state index is 0.0101. The van der Waals surface area contributed by atoms with E-state index in [0.717, 1.165) is 23.9 Å². The number of hydrogen-bond acceptors (Lipinski definition) is 4. The summed E-state index contributed by atoms with van der Waals surface area (Å²) in [5, 5.41) is 0. The van der Waals surface area contributed by atoms with E-state index in [1.807, 2.05) is 24.3 Å². The van der Waals surface area contributed by atoms with Gasteiger partial charge in [0.2, 0.25) is 10.0 Å². The van der Waals surface area contributed by atoms with Crippen LogP contribution in [0.5, 0.6) is 0 Å². The Balaban J connectivity index is 1.64. The first-order valence-corrected chi connectivity index (χ1v) is 9.79. The van der Waals surface area contributed by atoms with Crippen LogP contribution in [0.2, 0.25) is 0 Å². The van der Waals surface area contributed by atoms with E-state index in [9.17, 15) is 13.2 Å². The smallest absolute Gasteiger partial charge is 0.267 e. The van der Waals surface area contributed by atoms with Gasteiger partial charge in [-0.3, -0.25) is 10.2 Å². The number of amides is 1. The molecule has 1 aliphatic carbocycles. The van der Waals surface area contributed by atoms with Crippen LogP contribution in [0.1, 0.15) is 28.8 Å². The standard InChI is InChI=1S/C18H18N4O3S/c1-12-6-9-14(26(24,25)21-13-7-8-13)10-15(12)18(23)20-22-11-19-16-4-2-3-5-17(16)22/h2-6,9-11,13,21H,7-8H2,1H3,(H,20,23). The Kier molecular flexibility index (Phi) is 4.01. The Morgan fingerprint density at radius 1 is 1.19 bits per heavy atom. The topological polar surface area (TPSA) is 93.1 Å². The van der Waals surface area contributed by atoms with Crippen molar-refractivity contribution >= 4 is 27.0 Å². The third kappa shape index (κ3) is 3.21. The third-order valence-corrected chi connectivity index (χ3v) is 5.86. The lowest BCUT2D eigenvalue weighted by atomic mass is 10.1. The summed E-state index contributed by atoms with van der Waals surface area (Å²) in [4.78, 5) is 17.0. The quantitative estimate of drug-likeness (QED) is 0.720. The highest BCUT2D eigenvalue weighted by molar-refractivity contribution is 7.89. The van der Waals surface area contributed by atoms with Crippen molar-refractivity contribution in [1.29, 1.82) is 0 Å². The Labute approximate surface area is 151 Å². The van der Waals surface area contributed by atoms with Gasteiger partial charge in [-0.05, 0) is 49.6 Å². The van der Waals surface area contributed by atoms with Gasteiger partial charge < -0.3 is 0 Å². The molecule has 1 aliphatic rings. The van der Waals surface area contributed by atoms with Gasteiger partial charge in [0.25, 0.3) is 5.91 Å². The van der Waals surface area contributed by atoms with Crippen LogP contribution in [0.3, 0.4) is 0 Å². The number of para-hydroxylation sites is 2. The molecule has 7 nitrogen and oxygen atoms in total. The Morgan fingerprint density at radius 3 is 2.73 bits per heavy atom. The molecule has 0 aliphatic heterocycles. The monoisotopic (exact) mass is 370 g/mol. The van der Waals surface area contributed by atoms with Gasteiger partial charge in [0.1, 0.15) is 6.33 Å². The molecule has 26 heavy (non-hydrogen) atoms. The number of benzene rings is 2. The van der Waals surface area contributed by atoms with Gasteiger partial charge in [0.05, 0.1) is 15.9 Å². The summed E-state index contributed by atoms with van der Waals surface area (Å²) in [5.41, 5.74) is 5.27. The van der Waals surface area contributed by atoms with E-state index >= 15 is 0 Å². The van der Waals surface area contributed by atoms with Crippen LogP contribution in [0.4, 0.5) is 0 Å². The maximum Gasteiger partial charge on any atom is 0.270 e. The van der Waals surface area contributed by atoms with Gasteiger partial charge in [0.15, 0.2) is 0 Å². The van der Waals surface area contributed by atoms with Crippen molar-refractivity contribution in [3.8, 4) is 0 Å². The molecule has 0 saturated heterocycles. The molecule has 0 atom stereocenters. The van der Waals surface area contributed by atoms with Crippen LogP contribution in [0.15, 0.2) is 53.7 Å². The summed E-state index contributed by atoms with van der Waals surface area (Å²) < 4.78 is 29.0. The number of carbonyl (C=O) groups excluding carboxylic acids is 1. The number of rotatable bonds is 5. The van der Waals surface area contributed by atoms with Crippen molar-refractivity contribution in [3.05, 3.63) is 59.9 Å². The number of hydrogen-bond donors (Lipinski definition) is 2. The Hall–Kier alpha value is -2.71. The van der Waals surface area contributed by atoms with E-state index in [0.29, 0.717) is 11.1 Å². The zero-order valence-corrected chi connectivity index (χ0v) is 15.0. The molecule has 2 aromatic carbocycles. The zero-order valence-electron chi connectivity index (χ0n) is 14.1. The van der Waals surface area contributed by atoms with Crippen molar-refractivity contribution in [2.75, 3.05) is 5.43 Å². The van der Waals surface area contributed by atoms with Gasteiger partial charge in [-0.25, -0.2) is 22.8 Å². The van der Waals surface area contributed by atoms with Gasteiger partial charge in [-0.2, -0.15) is 0 Å². The minimum atomic E-state index is -3.62. The maximum atomic E-state index is 12.7. The fraction of sp³-hybridized carbons (Fsp3) is 0.222. The second-order valence-electron chi connectivity index (χ2n) is 6.42. The van der Waals surface area contributed by atoms with Gasteiger partial charge >= 0.3 is 0 Å². The number of imidazole rings is 1. The lowest BCUT2D eigenvalue weighted by molar-refractivity contribution is 0.101. The summed E-state index contributed by atoms with van der Waals surface area (Å²) in [5.74, 6) is -0.394. The number of nitrogens with zero attached hydrogens (tertiary/aromatic N) is 2. The number of sulfonamides is 1. The number of aryl methyl sites for hydroxylation is 1. The summed E-state index contributed by atoms with van der Waals surface area (Å²) in [6.45, 7) is 1.77. The molecule has 1 heterocycles. The number of aromatic nitrogens is 2. The molecule has 1 fully saturated rings. The second-order valence-corrected chi connectivity index (χ2v) is 8.13. The molecule has 1 amide bonds. The van der Waals surface area contributed by atoms with Gasteiger partial charge in [-0.1, -0.05) is 18.2 Å². The Bertz CT molecular complexity index is 1100. The van der Waals surface area contributed by atoms with Crippen LogP contribution in [-0.4, -0.2) is 30.0 Å². The second kappa shape index (κ2) is 6.22. The lowest BCUT2D eigenvalue weighted by Gasteiger charge is -2.11. The molecule has 0 radical (unpaired) electrons. The number of nitrogens with one attached hydrogen (secondary N) is 2. The normalized spacial score (nSPS) is 14.5. The highest BCUT2D eigenvalue weighted by Crippen LogP contribution is 2.23. The first kappa shape index (κ1) is 16.7. The zero-order chi connectivity index (χ0) is 18.3. The molecular formula is C18H18N4O3S. The summed E-state index contributed by atoms with van der Waals surface area (Å²) in [7, 11) is -3.62. The maximum absolute atomic E-state index is 12.7. The number of fused-ring (bicyclic) bond motifs is 1. The van der Waals surface area contributed by atoms with Crippen molar-refractivity contribution in [2.45, 2.75) is 30.7 Å². The highest BCUT2D eigenvalue weighted by Gasteiger charge is 2.28. The van der Waals surface area contributed by atoms with E-state index in [2.05, 4.69) is 15.1 Å². The largest absolute Gasteiger partial charge is 0.270 e. The summed E-state index contributed by atoms with van der Waals surface area (Å²) >= 11 is 0. The summed E-state index contributed by atoms with van der Waals surface area (Å²) in [6, 6.07) is 12.0. The SMILES string of the molecule is Cc1ccc(S(=O)(=O)NC2CC2)cc1C(=O)Nn1cnc2ccccc21. The van der Waals surface area contributed by atoms with Gasteiger partial charge in [0, 0.05) is 11.6 Å². The average molecular weight is 370 g/mol. The molecule has 4 rings (SSSR count). The first-order chi connectivity index (χ1) is 12.4. The van der Waals surface area contributed by atoms with E-state index in [4.69, 9.17) is 0 Å². The predicted octanol–water partition coefficient (Wildman–Crippen LogP) is 2.17. The molecular weight excluding hydrogens is 352 g/mol. The molecule has 0 unspecified atom stereocenters. The van der Waals surface area contributed by atoms with Crippen LogP contribution in [0.25, 0.3) is 11.0 Å². The van der Waals surface area contributed by atoms with Crippen LogP contribution >= 0.6 is 0 Å². The number of carbonyl (C=O) groups is 1.